The maximum absolute atomic E-state index is 13.1. The van der Waals surface area contributed by atoms with Gasteiger partial charge < -0.3 is 9.84 Å². The predicted octanol–water partition coefficient (Wildman–Crippen LogP) is 2.29. The summed E-state index contributed by atoms with van der Waals surface area (Å²) in [4.78, 5) is 10.6. The molecule has 0 saturated heterocycles. The highest BCUT2D eigenvalue weighted by molar-refractivity contribution is 9.10. The van der Waals surface area contributed by atoms with E-state index in [9.17, 15) is 9.18 Å². The summed E-state index contributed by atoms with van der Waals surface area (Å²) >= 11 is 2.99. The maximum atomic E-state index is 13.1. The smallest absolute Gasteiger partial charge is 0.339 e. The van der Waals surface area contributed by atoms with Crippen molar-refractivity contribution < 1.29 is 19.0 Å². The van der Waals surface area contributed by atoms with E-state index in [1.54, 1.807) is 0 Å². The van der Waals surface area contributed by atoms with Gasteiger partial charge in [-0.1, -0.05) is 15.9 Å². The molecule has 0 aliphatic carbocycles. The molecule has 0 radical (unpaired) electrons. The average molecular weight is 249 g/mol. The van der Waals surface area contributed by atoms with Crippen molar-refractivity contribution in [3.8, 4) is 5.75 Å². The van der Waals surface area contributed by atoms with Crippen LogP contribution in [0.1, 0.15) is 10.4 Å². The highest BCUT2D eigenvalue weighted by Gasteiger charge is 2.16. The molecule has 0 spiro atoms. The Kier molecular flexibility index (Phi) is 2.87. The lowest BCUT2D eigenvalue weighted by molar-refractivity contribution is 0.0692. The lowest BCUT2D eigenvalue weighted by Gasteiger charge is -2.05. The number of benzene rings is 1. The second-order valence-corrected chi connectivity index (χ2v) is 3.19. The van der Waals surface area contributed by atoms with E-state index < -0.39 is 11.8 Å². The van der Waals surface area contributed by atoms with Crippen LogP contribution in [-0.4, -0.2) is 18.2 Å². The molecule has 13 heavy (non-hydrogen) atoms. The van der Waals surface area contributed by atoms with Gasteiger partial charge in [0.05, 0.1) is 7.11 Å². The average Bonchev–Trinajstić information content (AvgIpc) is 2.02. The molecule has 0 aromatic heterocycles. The number of methoxy groups -OCH3 is 1. The first-order chi connectivity index (χ1) is 6.06. The van der Waals surface area contributed by atoms with Gasteiger partial charge in [-0.25, -0.2) is 9.18 Å². The van der Waals surface area contributed by atoms with Crippen molar-refractivity contribution >= 4 is 21.9 Å². The minimum atomic E-state index is -1.22. The number of hydrogen-bond acceptors (Lipinski definition) is 2. The van der Waals surface area contributed by atoms with Gasteiger partial charge in [-0.2, -0.15) is 0 Å². The first-order valence-corrected chi connectivity index (χ1v) is 4.12. The van der Waals surface area contributed by atoms with Crippen LogP contribution in [0, 0.1) is 5.82 Å². The van der Waals surface area contributed by atoms with Crippen LogP contribution in [0.25, 0.3) is 0 Å². The van der Waals surface area contributed by atoms with E-state index >= 15 is 0 Å². The fraction of sp³-hybridized carbons (Fsp3) is 0.125. The molecule has 3 nitrogen and oxygen atoms in total. The van der Waals surface area contributed by atoms with Crippen molar-refractivity contribution in [2.75, 3.05) is 7.11 Å². The summed E-state index contributed by atoms with van der Waals surface area (Å²) < 4.78 is 18.0. The Morgan fingerprint density at radius 3 is 2.69 bits per heavy atom. The fourth-order valence-corrected chi connectivity index (χ4v) is 1.36. The maximum Gasteiger partial charge on any atom is 0.339 e. The topological polar surface area (TPSA) is 46.5 Å². The standard InChI is InChI=1S/C8H6BrFO3/c1-13-7-5(8(11)12)2-4(9)3-6(7)10/h2-3H,1H3,(H,11,12). The highest BCUT2D eigenvalue weighted by Crippen LogP contribution is 2.26. The molecule has 0 saturated carbocycles. The van der Waals surface area contributed by atoms with E-state index in [2.05, 4.69) is 20.7 Å². The van der Waals surface area contributed by atoms with Gasteiger partial charge >= 0.3 is 5.97 Å². The van der Waals surface area contributed by atoms with Crippen LogP contribution in [0.3, 0.4) is 0 Å². The first-order valence-electron chi connectivity index (χ1n) is 3.32. The van der Waals surface area contributed by atoms with Crippen molar-refractivity contribution in [3.63, 3.8) is 0 Å². The van der Waals surface area contributed by atoms with Crippen molar-refractivity contribution in [1.82, 2.24) is 0 Å². The summed E-state index contributed by atoms with van der Waals surface area (Å²) in [6, 6.07) is 2.43. The SMILES string of the molecule is COc1c(F)cc(Br)cc1C(=O)O. The van der Waals surface area contributed by atoms with Gasteiger partial charge in [0.15, 0.2) is 11.6 Å². The molecule has 1 aromatic rings. The molecule has 1 aromatic carbocycles. The molecule has 5 heteroatoms. The van der Waals surface area contributed by atoms with E-state index in [1.807, 2.05) is 0 Å². The number of carboxylic acid groups (broad SMARTS) is 1. The van der Waals surface area contributed by atoms with Gasteiger partial charge in [-0.3, -0.25) is 0 Å². The molecule has 0 aliphatic heterocycles. The van der Waals surface area contributed by atoms with Crippen molar-refractivity contribution in [3.05, 3.63) is 28.0 Å². The fourth-order valence-electron chi connectivity index (χ4n) is 0.927. The molecule has 0 fully saturated rings. The van der Waals surface area contributed by atoms with Crippen LogP contribution >= 0.6 is 15.9 Å². The summed E-state index contributed by atoms with van der Waals surface area (Å²) in [5.41, 5.74) is -0.200. The number of carboxylic acids is 1. The van der Waals surface area contributed by atoms with Crippen LogP contribution in [0.15, 0.2) is 16.6 Å². The molecule has 0 unspecified atom stereocenters. The van der Waals surface area contributed by atoms with Crippen LogP contribution in [0.4, 0.5) is 4.39 Å². The Labute approximate surface area is 82.3 Å². The number of halogens is 2. The third-order valence-electron chi connectivity index (χ3n) is 1.44. The molecule has 0 bridgehead atoms. The van der Waals surface area contributed by atoms with E-state index in [-0.39, 0.29) is 11.3 Å². The lowest BCUT2D eigenvalue weighted by Crippen LogP contribution is -2.02. The molecule has 1 N–H and O–H groups in total. The third-order valence-corrected chi connectivity index (χ3v) is 1.90. The van der Waals surface area contributed by atoms with Crippen molar-refractivity contribution in [1.29, 1.82) is 0 Å². The van der Waals surface area contributed by atoms with Crippen LogP contribution < -0.4 is 4.74 Å². The Morgan fingerprint density at radius 1 is 1.62 bits per heavy atom. The molecule has 0 atom stereocenters. The number of ether oxygens (including phenoxy) is 1. The Bertz CT molecular complexity index is 351. The van der Waals surface area contributed by atoms with E-state index in [0.717, 1.165) is 6.07 Å². The lowest BCUT2D eigenvalue weighted by atomic mass is 10.2. The zero-order valence-electron chi connectivity index (χ0n) is 6.67. The van der Waals surface area contributed by atoms with Crippen LogP contribution in [0.2, 0.25) is 0 Å². The Balaban J connectivity index is 3.38. The summed E-state index contributed by atoms with van der Waals surface area (Å²) in [6.07, 6.45) is 0. The molecular weight excluding hydrogens is 243 g/mol. The molecule has 70 valence electrons. The molecule has 0 heterocycles. The number of aromatic carboxylic acids is 1. The third kappa shape index (κ3) is 1.98. The predicted molar refractivity (Wildman–Crippen MR) is 47.6 cm³/mol. The second-order valence-electron chi connectivity index (χ2n) is 2.27. The number of hydrogen-bond donors (Lipinski definition) is 1. The van der Waals surface area contributed by atoms with Gasteiger partial charge in [-0.05, 0) is 12.1 Å². The minimum absolute atomic E-state index is 0.200. The summed E-state index contributed by atoms with van der Waals surface area (Å²) in [7, 11) is 1.22. The number of carbonyl (C=O) groups is 1. The largest absolute Gasteiger partial charge is 0.493 e. The first kappa shape index (κ1) is 9.98. The molecule has 0 amide bonds. The van der Waals surface area contributed by atoms with Gasteiger partial charge in [0.25, 0.3) is 0 Å². The van der Waals surface area contributed by atoms with Gasteiger partial charge in [0.2, 0.25) is 0 Å². The van der Waals surface area contributed by atoms with E-state index in [4.69, 9.17) is 5.11 Å². The quantitative estimate of drug-likeness (QED) is 0.874. The molecular formula is C8H6BrFO3. The monoisotopic (exact) mass is 248 g/mol. The normalized spacial score (nSPS) is 9.77. The minimum Gasteiger partial charge on any atom is -0.493 e. The van der Waals surface area contributed by atoms with Crippen molar-refractivity contribution in [2.24, 2.45) is 0 Å². The van der Waals surface area contributed by atoms with Gasteiger partial charge in [0.1, 0.15) is 5.56 Å². The van der Waals surface area contributed by atoms with Gasteiger partial charge in [-0.15, -0.1) is 0 Å². The molecule has 0 aliphatic rings. The summed E-state index contributed by atoms with van der Waals surface area (Å²) in [5, 5.41) is 8.68. The van der Waals surface area contributed by atoms with Crippen molar-refractivity contribution in [2.45, 2.75) is 0 Å². The number of rotatable bonds is 2. The highest BCUT2D eigenvalue weighted by atomic mass is 79.9. The van der Waals surface area contributed by atoms with Crippen LogP contribution in [0.5, 0.6) is 5.75 Å². The van der Waals surface area contributed by atoms with Crippen LogP contribution in [-0.2, 0) is 0 Å². The Morgan fingerprint density at radius 2 is 2.23 bits per heavy atom. The second kappa shape index (κ2) is 3.74. The Hall–Kier alpha value is -1.10. The summed E-state index contributed by atoms with van der Waals surface area (Å²) in [6.45, 7) is 0. The van der Waals surface area contributed by atoms with E-state index in [1.165, 1.54) is 13.2 Å². The zero-order valence-corrected chi connectivity index (χ0v) is 8.26. The van der Waals surface area contributed by atoms with E-state index in [0.29, 0.717) is 4.47 Å². The molecule has 1 rings (SSSR count). The van der Waals surface area contributed by atoms with Gasteiger partial charge in [0, 0.05) is 4.47 Å². The summed E-state index contributed by atoms with van der Waals surface area (Å²) in [5.74, 6) is -2.18. The zero-order chi connectivity index (χ0) is 10.0.